The maximum absolute atomic E-state index is 15.0. The molecule has 172 valence electrons. The molecule has 0 heterocycles. The van der Waals surface area contributed by atoms with Crippen molar-refractivity contribution in [3.63, 3.8) is 0 Å². The molecule has 2 atom stereocenters. The fraction of sp³-hybridized carbons (Fsp3) is 0.519. The van der Waals surface area contributed by atoms with E-state index in [-0.39, 0.29) is 5.92 Å². The molecule has 2 unspecified atom stereocenters. The predicted octanol–water partition coefficient (Wildman–Crippen LogP) is 6.35. The van der Waals surface area contributed by atoms with Crippen LogP contribution in [0.3, 0.4) is 0 Å². The van der Waals surface area contributed by atoms with Crippen LogP contribution in [0.1, 0.15) is 68.4 Å². The normalized spacial score (nSPS) is 23.7. The van der Waals surface area contributed by atoms with Crippen LogP contribution in [0.5, 0.6) is 11.5 Å². The molecule has 4 nitrogen and oxygen atoms in total. The van der Waals surface area contributed by atoms with Gasteiger partial charge in [0.05, 0.1) is 13.7 Å². The summed E-state index contributed by atoms with van der Waals surface area (Å²) < 4.78 is 26.5. The number of halogens is 1. The van der Waals surface area contributed by atoms with Gasteiger partial charge in [0.2, 0.25) is 5.67 Å². The monoisotopic (exact) mass is 440 g/mol. The third-order valence-electron chi connectivity index (χ3n) is 7.21. The summed E-state index contributed by atoms with van der Waals surface area (Å²) in [6, 6.07) is 15.7. The van der Waals surface area contributed by atoms with Crippen LogP contribution in [0.4, 0.5) is 4.39 Å². The maximum atomic E-state index is 15.0. The highest BCUT2D eigenvalue weighted by molar-refractivity contribution is 5.78. The molecule has 2 aliphatic carbocycles. The van der Waals surface area contributed by atoms with Crippen molar-refractivity contribution in [2.45, 2.75) is 63.0 Å². The van der Waals surface area contributed by atoms with Gasteiger partial charge in [0, 0.05) is 5.92 Å². The second-order valence-corrected chi connectivity index (χ2v) is 9.57. The Morgan fingerprint density at radius 2 is 1.75 bits per heavy atom. The first kappa shape index (κ1) is 22.6. The fourth-order valence-electron chi connectivity index (χ4n) is 5.16. The van der Waals surface area contributed by atoms with Crippen LogP contribution in [-0.4, -0.2) is 30.5 Å². The van der Waals surface area contributed by atoms with Gasteiger partial charge < -0.3 is 14.6 Å². The summed E-state index contributed by atoms with van der Waals surface area (Å²) >= 11 is 0. The molecule has 4 rings (SSSR count). The second kappa shape index (κ2) is 9.51. The number of methoxy groups -OCH3 is 1. The van der Waals surface area contributed by atoms with Crippen molar-refractivity contribution in [2.75, 3.05) is 13.7 Å². The zero-order valence-electron chi connectivity index (χ0n) is 18.9. The quantitative estimate of drug-likeness (QED) is 0.493. The molecular weight excluding hydrogens is 407 g/mol. The van der Waals surface area contributed by atoms with Crippen LogP contribution in [-0.2, 0) is 4.79 Å². The SMILES string of the molecule is COc1cccc(C2CCC(COc3cccc(C(C4CC4)C(C)(F)C(=O)O)c3)CC2)c1. The smallest absolute Gasteiger partial charge is 0.341 e. The molecule has 2 aromatic carbocycles. The Kier molecular flexibility index (Phi) is 6.73. The van der Waals surface area contributed by atoms with E-state index in [2.05, 4.69) is 18.2 Å². The highest BCUT2D eigenvalue weighted by Gasteiger charge is 2.50. The highest BCUT2D eigenvalue weighted by Crippen LogP contribution is 2.50. The molecule has 2 saturated carbocycles. The van der Waals surface area contributed by atoms with Crippen molar-refractivity contribution in [3.8, 4) is 11.5 Å². The summed E-state index contributed by atoms with van der Waals surface area (Å²) in [4.78, 5) is 11.5. The van der Waals surface area contributed by atoms with Crippen LogP contribution in [0, 0.1) is 11.8 Å². The van der Waals surface area contributed by atoms with Gasteiger partial charge in [-0.1, -0.05) is 24.3 Å². The Morgan fingerprint density at radius 3 is 2.41 bits per heavy atom. The van der Waals surface area contributed by atoms with E-state index in [0.717, 1.165) is 49.8 Å². The molecule has 2 aromatic rings. The molecule has 2 aliphatic rings. The number of alkyl halides is 1. The zero-order valence-corrected chi connectivity index (χ0v) is 18.9. The molecule has 0 spiro atoms. The summed E-state index contributed by atoms with van der Waals surface area (Å²) in [6.45, 7) is 1.82. The van der Waals surface area contributed by atoms with Gasteiger partial charge in [0.1, 0.15) is 11.5 Å². The maximum Gasteiger partial charge on any atom is 0.341 e. The second-order valence-electron chi connectivity index (χ2n) is 9.57. The number of carbonyl (C=O) groups is 1. The number of ether oxygens (including phenoxy) is 2. The van der Waals surface area contributed by atoms with Gasteiger partial charge in [-0.3, -0.25) is 0 Å². The molecular formula is C27H33FO4. The minimum absolute atomic E-state index is 0.0863. The minimum atomic E-state index is -2.28. The van der Waals surface area contributed by atoms with Crippen LogP contribution >= 0.6 is 0 Å². The van der Waals surface area contributed by atoms with Crippen LogP contribution in [0.2, 0.25) is 0 Å². The average Bonchev–Trinajstić information content (AvgIpc) is 3.63. The molecule has 2 fully saturated rings. The van der Waals surface area contributed by atoms with Crippen molar-refractivity contribution in [2.24, 2.45) is 11.8 Å². The van der Waals surface area contributed by atoms with E-state index in [4.69, 9.17) is 9.47 Å². The van der Waals surface area contributed by atoms with Gasteiger partial charge in [0.15, 0.2) is 0 Å². The van der Waals surface area contributed by atoms with Crippen molar-refractivity contribution in [3.05, 3.63) is 59.7 Å². The van der Waals surface area contributed by atoms with E-state index < -0.39 is 17.6 Å². The molecule has 0 bridgehead atoms. The molecule has 0 radical (unpaired) electrons. The van der Waals surface area contributed by atoms with Crippen LogP contribution < -0.4 is 9.47 Å². The van der Waals surface area contributed by atoms with Crippen molar-refractivity contribution in [1.29, 1.82) is 0 Å². The molecule has 0 saturated heterocycles. The fourth-order valence-corrected chi connectivity index (χ4v) is 5.16. The van der Waals surface area contributed by atoms with Crippen LogP contribution in [0.15, 0.2) is 48.5 Å². The van der Waals surface area contributed by atoms with E-state index in [1.54, 1.807) is 7.11 Å². The number of rotatable bonds is 9. The van der Waals surface area contributed by atoms with Gasteiger partial charge in [-0.05, 0) is 98.6 Å². The number of aliphatic carboxylic acids is 1. The molecule has 32 heavy (non-hydrogen) atoms. The molecule has 5 heteroatoms. The molecule has 1 N–H and O–H groups in total. The third-order valence-corrected chi connectivity index (χ3v) is 7.21. The van der Waals surface area contributed by atoms with Gasteiger partial charge in [-0.25, -0.2) is 9.18 Å². The first-order chi connectivity index (χ1) is 15.4. The first-order valence-electron chi connectivity index (χ1n) is 11.7. The minimum Gasteiger partial charge on any atom is -0.497 e. The third kappa shape index (κ3) is 5.08. The summed E-state index contributed by atoms with van der Waals surface area (Å²) in [7, 11) is 1.70. The van der Waals surface area contributed by atoms with Crippen LogP contribution in [0.25, 0.3) is 0 Å². The summed E-state index contributed by atoms with van der Waals surface area (Å²) in [5, 5.41) is 9.41. The first-order valence-corrected chi connectivity index (χ1v) is 11.7. The van der Waals surface area contributed by atoms with E-state index in [1.165, 1.54) is 12.5 Å². The summed E-state index contributed by atoms with van der Waals surface area (Å²) in [5.41, 5.74) is -0.215. The van der Waals surface area contributed by atoms with Gasteiger partial charge in [0.25, 0.3) is 0 Å². The number of carboxylic acid groups (broad SMARTS) is 1. The molecule has 0 aromatic heterocycles. The standard InChI is InChI=1S/C27H33FO4/c1-27(28,26(29)30)25(20-13-14-20)22-6-4-8-24(16-22)32-17-18-9-11-19(12-10-18)21-5-3-7-23(15-21)31-2/h3-8,15-16,18-20,25H,9-14,17H2,1-2H3,(H,29,30). The highest BCUT2D eigenvalue weighted by atomic mass is 19.1. The Bertz CT molecular complexity index is 929. The van der Waals surface area contributed by atoms with Crippen molar-refractivity contribution >= 4 is 5.97 Å². The lowest BCUT2D eigenvalue weighted by Crippen LogP contribution is -2.38. The lowest BCUT2D eigenvalue weighted by Gasteiger charge is -2.29. The van der Waals surface area contributed by atoms with E-state index in [0.29, 0.717) is 24.2 Å². The Hall–Kier alpha value is -2.56. The molecule has 0 aliphatic heterocycles. The Morgan fingerprint density at radius 1 is 1.06 bits per heavy atom. The lowest BCUT2D eigenvalue weighted by molar-refractivity contribution is -0.151. The van der Waals surface area contributed by atoms with Crippen molar-refractivity contribution in [1.82, 2.24) is 0 Å². The average molecular weight is 441 g/mol. The van der Waals surface area contributed by atoms with Gasteiger partial charge >= 0.3 is 5.97 Å². The zero-order chi connectivity index (χ0) is 22.7. The van der Waals surface area contributed by atoms with E-state index in [1.807, 2.05) is 30.3 Å². The Labute approximate surface area is 189 Å². The predicted molar refractivity (Wildman–Crippen MR) is 122 cm³/mol. The topological polar surface area (TPSA) is 55.8 Å². The number of hydrogen-bond donors (Lipinski definition) is 1. The van der Waals surface area contributed by atoms with E-state index >= 15 is 4.39 Å². The van der Waals surface area contributed by atoms with Crippen molar-refractivity contribution < 1.29 is 23.8 Å². The number of hydrogen-bond acceptors (Lipinski definition) is 3. The van der Waals surface area contributed by atoms with E-state index in [9.17, 15) is 9.90 Å². The van der Waals surface area contributed by atoms with Gasteiger partial charge in [-0.2, -0.15) is 0 Å². The Balaban J connectivity index is 1.34. The largest absolute Gasteiger partial charge is 0.497 e. The number of carboxylic acids is 1. The lowest BCUT2D eigenvalue weighted by atomic mass is 9.79. The summed E-state index contributed by atoms with van der Waals surface area (Å²) in [6.07, 6.45) is 6.22. The summed E-state index contributed by atoms with van der Waals surface area (Å²) in [5.74, 6) is 0.708. The molecule has 0 amide bonds. The van der Waals surface area contributed by atoms with Gasteiger partial charge in [-0.15, -0.1) is 0 Å². The number of benzene rings is 2.